The zero-order valence-corrected chi connectivity index (χ0v) is 14.8. The zero-order valence-electron chi connectivity index (χ0n) is 13.2. The standard InChI is InChI=1S/C17H14ClN5OS/c1-10(16-20-11-4-2-3-5-12(11)21-16)19-14(24)7-6-13-15(18)22-17-23(13)8-9-25-17/h2-10H,1H3,(H,19,24)(H,20,21)/b7-6+. The van der Waals surface area contributed by atoms with Crippen molar-refractivity contribution in [1.29, 1.82) is 0 Å². The highest BCUT2D eigenvalue weighted by atomic mass is 35.5. The van der Waals surface area contributed by atoms with Gasteiger partial charge >= 0.3 is 0 Å². The smallest absolute Gasteiger partial charge is 0.244 e. The molecule has 0 bridgehead atoms. The highest BCUT2D eigenvalue weighted by Crippen LogP contribution is 2.22. The molecule has 6 nitrogen and oxygen atoms in total. The van der Waals surface area contributed by atoms with E-state index in [2.05, 4.69) is 20.3 Å². The molecule has 8 heteroatoms. The SMILES string of the molecule is CC(NC(=O)/C=C/c1c(Cl)nc2sccn12)c1nc2ccccc2[nH]1. The van der Waals surface area contributed by atoms with E-state index in [9.17, 15) is 4.79 Å². The number of benzene rings is 1. The van der Waals surface area contributed by atoms with Crippen molar-refractivity contribution in [3.05, 3.63) is 58.6 Å². The van der Waals surface area contributed by atoms with Crippen LogP contribution in [0.4, 0.5) is 0 Å². The Balaban J connectivity index is 1.49. The molecule has 0 radical (unpaired) electrons. The number of H-pyrrole nitrogens is 1. The van der Waals surface area contributed by atoms with Crippen LogP contribution in [0.3, 0.4) is 0 Å². The van der Waals surface area contributed by atoms with Crippen LogP contribution in [0, 0.1) is 0 Å². The lowest BCUT2D eigenvalue weighted by Gasteiger charge is -2.09. The Morgan fingerprint density at radius 1 is 1.40 bits per heavy atom. The van der Waals surface area contributed by atoms with Gasteiger partial charge in [-0.1, -0.05) is 23.7 Å². The number of fused-ring (bicyclic) bond motifs is 2. The highest BCUT2D eigenvalue weighted by Gasteiger charge is 2.13. The van der Waals surface area contributed by atoms with Crippen LogP contribution in [0.15, 0.2) is 41.9 Å². The lowest BCUT2D eigenvalue weighted by molar-refractivity contribution is -0.117. The molecule has 0 saturated carbocycles. The molecule has 2 N–H and O–H groups in total. The fourth-order valence-corrected chi connectivity index (χ4v) is 3.59. The van der Waals surface area contributed by atoms with Crippen molar-refractivity contribution < 1.29 is 4.79 Å². The Hall–Kier alpha value is -2.64. The van der Waals surface area contributed by atoms with Gasteiger partial charge in [-0.15, -0.1) is 11.3 Å². The number of halogens is 1. The zero-order chi connectivity index (χ0) is 17.4. The predicted octanol–water partition coefficient (Wildman–Crippen LogP) is 3.82. The minimum Gasteiger partial charge on any atom is -0.343 e. The van der Waals surface area contributed by atoms with Crippen LogP contribution in [0.2, 0.25) is 5.15 Å². The number of amides is 1. The molecule has 1 unspecified atom stereocenters. The van der Waals surface area contributed by atoms with Crippen LogP contribution in [0.25, 0.3) is 22.1 Å². The van der Waals surface area contributed by atoms with Gasteiger partial charge in [0.05, 0.1) is 22.8 Å². The van der Waals surface area contributed by atoms with Gasteiger partial charge in [0.15, 0.2) is 10.1 Å². The number of carbonyl (C=O) groups is 1. The van der Waals surface area contributed by atoms with E-state index < -0.39 is 0 Å². The number of aromatic nitrogens is 4. The van der Waals surface area contributed by atoms with Gasteiger partial charge in [-0.05, 0) is 25.1 Å². The maximum absolute atomic E-state index is 12.2. The lowest BCUT2D eigenvalue weighted by atomic mass is 10.3. The molecule has 0 fully saturated rings. The van der Waals surface area contributed by atoms with Gasteiger partial charge in [0, 0.05) is 17.7 Å². The predicted molar refractivity (Wildman–Crippen MR) is 99.8 cm³/mol. The molecule has 0 aliphatic rings. The fraction of sp³-hybridized carbons (Fsp3) is 0.118. The van der Waals surface area contributed by atoms with E-state index >= 15 is 0 Å². The van der Waals surface area contributed by atoms with Crippen LogP contribution in [-0.4, -0.2) is 25.3 Å². The van der Waals surface area contributed by atoms with Crippen LogP contribution >= 0.6 is 22.9 Å². The number of para-hydroxylation sites is 2. The quantitative estimate of drug-likeness (QED) is 0.535. The van der Waals surface area contributed by atoms with E-state index in [0.29, 0.717) is 16.7 Å². The molecule has 0 aliphatic carbocycles. The van der Waals surface area contributed by atoms with E-state index in [0.717, 1.165) is 16.0 Å². The first kappa shape index (κ1) is 15.9. The van der Waals surface area contributed by atoms with Crippen molar-refractivity contribution in [2.75, 3.05) is 0 Å². The fourth-order valence-electron chi connectivity index (χ4n) is 2.59. The lowest BCUT2D eigenvalue weighted by Crippen LogP contribution is -2.25. The summed E-state index contributed by atoms with van der Waals surface area (Å²) in [5.41, 5.74) is 2.50. The van der Waals surface area contributed by atoms with Crippen molar-refractivity contribution in [3.8, 4) is 0 Å². The molecule has 25 heavy (non-hydrogen) atoms. The van der Waals surface area contributed by atoms with Gasteiger partial charge in [0.2, 0.25) is 5.91 Å². The summed E-state index contributed by atoms with van der Waals surface area (Å²) in [7, 11) is 0. The highest BCUT2D eigenvalue weighted by molar-refractivity contribution is 7.15. The van der Waals surface area contributed by atoms with Crippen molar-refractivity contribution >= 4 is 50.9 Å². The van der Waals surface area contributed by atoms with E-state index in [-0.39, 0.29) is 11.9 Å². The van der Waals surface area contributed by atoms with Crippen LogP contribution < -0.4 is 5.32 Å². The molecule has 126 valence electrons. The Morgan fingerprint density at radius 2 is 2.24 bits per heavy atom. The van der Waals surface area contributed by atoms with Crippen molar-refractivity contribution in [3.63, 3.8) is 0 Å². The second kappa shape index (κ2) is 6.34. The van der Waals surface area contributed by atoms with Gasteiger partial charge in [-0.3, -0.25) is 9.20 Å². The molecule has 0 spiro atoms. The first-order chi connectivity index (χ1) is 12.1. The third-order valence-electron chi connectivity index (χ3n) is 3.82. The van der Waals surface area contributed by atoms with Gasteiger partial charge in [0.1, 0.15) is 5.82 Å². The Morgan fingerprint density at radius 3 is 3.08 bits per heavy atom. The summed E-state index contributed by atoms with van der Waals surface area (Å²) >= 11 is 7.60. The Kier molecular flexibility index (Phi) is 4.03. The maximum atomic E-state index is 12.2. The number of imidazole rings is 2. The molecule has 0 saturated heterocycles. The van der Waals surface area contributed by atoms with Crippen molar-refractivity contribution in [1.82, 2.24) is 24.7 Å². The monoisotopic (exact) mass is 371 g/mol. The number of nitrogens with one attached hydrogen (secondary N) is 2. The number of thiazole rings is 1. The minimum absolute atomic E-state index is 0.228. The second-order valence-electron chi connectivity index (χ2n) is 5.55. The molecule has 4 rings (SSSR count). The molecule has 1 atom stereocenters. The van der Waals surface area contributed by atoms with E-state index in [1.54, 1.807) is 6.08 Å². The third kappa shape index (κ3) is 3.04. The summed E-state index contributed by atoms with van der Waals surface area (Å²) in [6.07, 6.45) is 4.98. The molecule has 3 heterocycles. The number of hydrogen-bond donors (Lipinski definition) is 2. The average Bonchev–Trinajstić information content (AvgIpc) is 3.27. The summed E-state index contributed by atoms with van der Waals surface area (Å²) in [4.78, 5) is 25.0. The van der Waals surface area contributed by atoms with E-state index in [1.807, 2.05) is 47.2 Å². The number of nitrogens with zero attached hydrogens (tertiary/aromatic N) is 3. The Bertz CT molecular complexity index is 1060. The van der Waals surface area contributed by atoms with Crippen LogP contribution in [0.5, 0.6) is 0 Å². The molecular formula is C17H14ClN5OS. The van der Waals surface area contributed by atoms with Crippen LogP contribution in [0.1, 0.15) is 24.5 Å². The summed E-state index contributed by atoms with van der Waals surface area (Å²) < 4.78 is 1.85. The molecule has 0 aliphatic heterocycles. The summed E-state index contributed by atoms with van der Waals surface area (Å²) in [5.74, 6) is 0.486. The summed E-state index contributed by atoms with van der Waals surface area (Å²) in [6, 6.07) is 7.51. The molecule has 3 aromatic heterocycles. The van der Waals surface area contributed by atoms with Gasteiger partial charge in [-0.25, -0.2) is 9.97 Å². The third-order valence-corrected chi connectivity index (χ3v) is 4.86. The largest absolute Gasteiger partial charge is 0.343 e. The van der Waals surface area contributed by atoms with E-state index in [1.165, 1.54) is 17.4 Å². The number of aromatic amines is 1. The van der Waals surface area contributed by atoms with E-state index in [4.69, 9.17) is 11.6 Å². The molecule has 1 aromatic carbocycles. The molecule has 4 aromatic rings. The first-order valence-corrected chi connectivity index (χ1v) is 8.92. The second-order valence-corrected chi connectivity index (χ2v) is 6.78. The summed E-state index contributed by atoms with van der Waals surface area (Å²) in [6.45, 7) is 1.88. The van der Waals surface area contributed by atoms with Crippen LogP contribution in [-0.2, 0) is 4.79 Å². The minimum atomic E-state index is -0.244. The normalized spacial score (nSPS) is 13.0. The molecular weight excluding hydrogens is 358 g/mol. The van der Waals surface area contributed by atoms with Crippen molar-refractivity contribution in [2.45, 2.75) is 13.0 Å². The van der Waals surface area contributed by atoms with Crippen molar-refractivity contribution in [2.24, 2.45) is 0 Å². The average molecular weight is 372 g/mol. The first-order valence-electron chi connectivity index (χ1n) is 7.66. The maximum Gasteiger partial charge on any atom is 0.244 e. The topological polar surface area (TPSA) is 75.1 Å². The molecule has 1 amide bonds. The van der Waals surface area contributed by atoms with Gasteiger partial charge < -0.3 is 10.3 Å². The number of hydrogen-bond acceptors (Lipinski definition) is 4. The number of carbonyl (C=O) groups excluding carboxylic acids is 1. The van der Waals surface area contributed by atoms with Gasteiger partial charge in [-0.2, -0.15) is 0 Å². The Labute approximate surface area is 152 Å². The number of rotatable bonds is 4. The van der Waals surface area contributed by atoms with Gasteiger partial charge in [0.25, 0.3) is 0 Å². The summed E-state index contributed by atoms with van der Waals surface area (Å²) in [5, 5.41) is 5.18.